The molecular weight excluding hydrogens is 821 g/mol. The minimum Gasteiger partial charge on any atom is -0.354 e. The van der Waals surface area contributed by atoms with Crippen molar-refractivity contribution in [2.75, 3.05) is 27.0 Å². The third-order valence-corrected chi connectivity index (χ3v) is 11.8. The Labute approximate surface area is 373 Å². The summed E-state index contributed by atoms with van der Waals surface area (Å²) < 4.78 is 0. The summed E-state index contributed by atoms with van der Waals surface area (Å²) in [5.41, 5.74) is 13.5. The molecule has 0 spiro atoms. The molecule has 13 heteroatoms. The van der Waals surface area contributed by atoms with Crippen molar-refractivity contribution in [3.63, 3.8) is 0 Å². The molecule has 0 radical (unpaired) electrons. The number of allylic oxidation sites excluding steroid dienone is 5. The third-order valence-electron chi connectivity index (χ3n) is 10.7. The third kappa shape index (κ3) is 8.74. The molecule has 0 fully saturated rings. The van der Waals surface area contributed by atoms with E-state index in [0.717, 1.165) is 83.8 Å². The number of carbonyl (C=O) groups is 4. The van der Waals surface area contributed by atoms with Crippen molar-refractivity contribution in [1.29, 1.82) is 0 Å². The number of thioether (sulfide) groups is 1. The van der Waals surface area contributed by atoms with E-state index >= 15 is 0 Å². The second-order valence-corrected chi connectivity index (χ2v) is 16.6. The Hall–Kier alpha value is -7.90. The van der Waals surface area contributed by atoms with Crippen LogP contribution in [0.3, 0.4) is 0 Å². The molecule has 12 nitrogen and oxygen atoms in total. The summed E-state index contributed by atoms with van der Waals surface area (Å²) >= 11 is 1.69. The molecule has 5 aromatic rings. The predicted molar refractivity (Wildman–Crippen MR) is 259 cm³/mol. The van der Waals surface area contributed by atoms with Gasteiger partial charge in [-0.25, -0.2) is 9.98 Å². The zero-order valence-corrected chi connectivity index (χ0v) is 36.2. The number of fused-ring (bicyclic) bond motifs is 5. The van der Waals surface area contributed by atoms with Gasteiger partial charge in [-0.15, -0.1) is 11.8 Å². The van der Waals surface area contributed by atoms with Crippen LogP contribution in [0.1, 0.15) is 49.9 Å². The molecule has 4 aromatic carbocycles. The zero-order valence-electron chi connectivity index (χ0n) is 35.4. The number of carbonyl (C=O) groups excluding carboxylic acids is 4. The van der Waals surface area contributed by atoms with Gasteiger partial charge in [-0.05, 0) is 107 Å². The molecule has 64 heavy (non-hydrogen) atoms. The highest BCUT2D eigenvalue weighted by atomic mass is 32.2. The summed E-state index contributed by atoms with van der Waals surface area (Å²) in [5, 5.41) is 12.7. The Morgan fingerprint density at radius 1 is 0.484 bits per heavy atom. The molecule has 1 unspecified atom stereocenters. The fourth-order valence-corrected chi connectivity index (χ4v) is 9.27. The molecule has 8 bridgehead atoms. The number of amides is 4. The van der Waals surface area contributed by atoms with Crippen LogP contribution in [0.4, 0.5) is 22.7 Å². The number of aromatic nitrogens is 1. The van der Waals surface area contributed by atoms with Crippen LogP contribution in [-0.2, 0) is 19.2 Å². The number of benzene rings is 4. The van der Waals surface area contributed by atoms with Crippen LogP contribution in [0.5, 0.6) is 0 Å². The van der Waals surface area contributed by atoms with Gasteiger partial charge in [0, 0.05) is 89.2 Å². The number of anilines is 4. The van der Waals surface area contributed by atoms with Crippen LogP contribution >= 0.6 is 11.8 Å². The number of hydrogen-bond donors (Lipinski definition) is 5. The van der Waals surface area contributed by atoms with E-state index < -0.39 is 0 Å². The second kappa shape index (κ2) is 17.5. The second-order valence-electron chi connectivity index (χ2n) is 15.5. The maximum absolute atomic E-state index is 11.9. The van der Waals surface area contributed by atoms with Gasteiger partial charge in [-0.2, -0.15) is 0 Å². The predicted octanol–water partition coefficient (Wildman–Crippen LogP) is 7.62. The first kappa shape index (κ1) is 41.5. The van der Waals surface area contributed by atoms with Crippen molar-refractivity contribution in [2.24, 2.45) is 15.0 Å². The molecule has 5 N–H and O–H groups in total. The van der Waals surface area contributed by atoms with Gasteiger partial charge in [0.2, 0.25) is 23.6 Å². The first-order valence-electron chi connectivity index (χ1n) is 20.6. The van der Waals surface area contributed by atoms with Crippen LogP contribution in [0.2, 0.25) is 0 Å². The van der Waals surface area contributed by atoms with Gasteiger partial charge in [0.1, 0.15) is 5.37 Å². The number of aromatic amines is 1. The van der Waals surface area contributed by atoms with Crippen LogP contribution in [0.25, 0.3) is 22.3 Å². The van der Waals surface area contributed by atoms with Gasteiger partial charge in [-0.3, -0.25) is 24.2 Å². The Morgan fingerprint density at radius 3 is 1.28 bits per heavy atom. The van der Waals surface area contributed by atoms with Crippen LogP contribution in [0, 0.1) is 0 Å². The van der Waals surface area contributed by atoms with E-state index in [2.05, 4.69) is 26.3 Å². The Balaban J connectivity index is 1.33. The number of rotatable bonds is 8. The molecule has 4 aliphatic heterocycles. The molecule has 4 amide bonds. The highest BCUT2D eigenvalue weighted by Crippen LogP contribution is 2.41. The smallest absolute Gasteiger partial charge is 0.221 e. The molecular formula is C51H42N8O4S. The Morgan fingerprint density at radius 2 is 0.859 bits per heavy atom. The zero-order chi connectivity index (χ0) is 44.5. The summed E-state index contributed by atoms with van der Waals surface area (Å²) in [6.45, 7) is 5.93. The quantitative estimate of drug-likeness (QED) is 0.108. The molecule has 1 aromatic heterocycles. The van der Waals surface area contributed by atoms with Crippen LogP contribution in [-0.4, -0.2) is 56.9 Å². The van der Waals surface area contributed by atoms with E-state index in [-0.39, 0.29) is 29.0 Å². The lowest BCUT2D eigenvalue weighted by molar-refractivity contribution is -0.115. The molecule has 5 heterocycles. The SMILES string of the molecule is CC(=O)Nc1ccc(C2=C3C=CC(=N3)C(c3ccc(NC(C)=O)cc3)=c3ccc([nH]3)=C(c3ccc(NC(C)=O)cc3)C3=NC(=C(c4ccc(NC(C)=O)cc4)C4N=C2CS4)C=C3)cc1. The normalized spacial score (nSPS) is 16.4. The maximum Gasteiger partial charge on any atom is 0.221 e. The summed E-state index contributed by atoms with van der Waals surface area (Å²) in [6, 6.07) is 34.9. The van der Waals surface area contributed by atoms with E-state index in [1.807, 2.05) is 133 Å². The van der Waals surface area contributed by atoms with E-state index in [4.69, 9.17) is 15.0 Å². The first-order chi connectivity index (χ1) is 30.9. The van der Waals surface area contributed by atoms with Gasteiger partial charge in [0.25, 0.3) is 0 Å². The minimum absolute atomic E-state index is 0.157. The monoisotopic (exact) mass is 862 g/mol. The number of H-pyrrole nitrogens is 1. The summed E-state index contributed by atoms with van der Waals surface area (Å²) in [7, 11) is 0. The lowest BCUT2D eigenvalue weighted by atomic mass is 9.98. The highest BCUT2D eigenvalue weighted by Gasteiger charge is 2.31. The van der Waals surface area contributed by atoms with Crippen molar-refractivity contribution in [3.05, 3.63) is 178 Å². The average Bonchev–Trinajstić information content (AvgIpc) is 4.11. The van der Waals surface area contributed by atoms with Crippen molar-refractivity contribution >= 4 is 97.6 Å². The number of nitrogens with one attached hydrogen (secondary N) is 5. The molecule has 0 saturated carbocycles. The topological polar surface area (TPSA) is 169 Å². The minimum atomic E-state index is -0.359. The molecule has 1 atom stereocenters. The molecule has 0 saturated heterocycles. The molecule has 0 aliphatic carbocycles. The van der Waals surface area contributed by atoms with Gasteiger partial charge in [0.05, 0.1) is 28.5 Å². The fraction of sp³-hybridized carbons (Fsp3) is 0.118. The van der Waals surface area contributed by atoms with E-state index in [0.29, 0.717) is 28.5 Å². The van der Waals surface area contributed by atoms with E-state index in [1.54, 1.807) is 11.8 Å². The van der Waals surface area contributed by atoms with Crippen molar-refractivity contribution < 1.29 is 19.2 Å². The van der Waals surface area contributed by atoms with E-state index in [9.17, 15) is 19.2 Å². The highest BCUT2D eigenvalue weighted by molar-refractivity contribution is 8.01. The van der Waals surface area contributed by atoms with Gasteiger partial charge in [0.15, 0.2) is 0 Å². The summed E-state index contributed by atoms with van der Waals surface area (Å²) in [4.78, 5) is 67.7. The van der Waals surface area contributed by atoms with Gasteiger partial charge in [-0.1, -0.05) is 48.5 Å². The fourth-order valence-electron chi connectivity index (χ4n) is 8.11. The maximum atomic E-state index is 11.9. The standard InChI is InChI=1S/C51H42N8O4S/c1-28(60)52-36-13-5-32(6-14-36)47-40-21-22-41(56-40)48(33-7-15-37(16-8-33)53-29(2)61)43-25-26-45(58-43)50(35-11-19-39(20-12-35)55-31(4)63)51-59-46(27-64-51)49(44-24-23-42(47)57-44)34-9-17-38(18-10-34)54-30(3)62/h5-26,51,56H,27H2,1-4H3,(H,52,60)(H,53,61)(H,54,62)(H,55,63). The lowest BCUT2D eigenvalue weighted by Gasteiger charge is -2.15. The number of hydrogen-bond acceptors (Lipinski definition) is 8. The Kier molecular flexibility index (Phi) is 11.3. The largest absolute Gasteiger partial charge is 0.354 e. The van der Waals surface area contributed by atoms with Crippen molar-refractivity contribution in [3.8, 4) is 0 Å². The van der Waals surface area contributed by atoms with E-state index in [1.165, 1.54) is 27.7 Å². The average molecular weight is 863 g/mol. The Bertz CT molecular complexity index is 3130. The lowest BCUT2D eigenvalue weighted by Crippen LogP contribution is -2.21. The summed E-state index contributed by atoms with van der Waals surface area (Å²) in [5.74, 6) is -0.0559. The van der Waals surface area contributed by atoms with Crippen molar-refractivity contribution in [2.45, 2.75) is 33.1 Å². The molecule has 9 rings (SSSR count). The van der Waals surface area contributed by atoms with Gasteiger partial charge < -0.3 is 26.3 Å². The molecule has 4 aliphatic rings. The summed E-state index contributed by atoms with van der Waals surface area (Å²) in [6.07, 6.45) is 8.08. The first-order valence-corrected chi connectivity index (χ1v) is 21.7. The van der Waals surface area contributed by atoms with Crippen LogP contribution < -0.4 is 32.0 Å². The molecule has 316 valence electrons. The number of nitrogens with zero attached hydrogens (tertiary/aromatic N) is 3. The number of aliphatic imine (C=N–C) groups is 3. The van der Waals surface area contributed by atoms with Crippen LogP contribution in [0.15, 0.2) is 160 Å². The van der Waals surface area contributed by atoms with Crippen molar-refractivity contribution in [1.82, 2.24) is 4.98 Å². The van der Waals surface area contributed by atoms with Gasteiger partial charge >= 0.3 is 0 Å².